The van der Waals surface area contributed by atoms with Gasteiger partial charge in [-0.3, -0.25) is 0 Å². The summed E-state index contributed by atoms with van der Waals surface area (Å²) in [5.74, 6) is -0.655. The number of hydrogen-bond donors (Lipinski definition) is 0. The first-order valence-electron chi connectivity index (χ1n) is 5.93. The smallest absolute Gasteiger partial charge is 0.418 e. The van der Waals surface area contributed by atoms with Crippen LogP contribution in [-0.2, 0) is 12.4 Å². The van der Waals surface area contributed by atoms with Gasteiger partial charge in [0.1, 0.15) is 11.8 Å². The molecule has 0 aliphatic heterocycles. The molecule has 2 aromatic rings. The average molecular weight is 332 g/mol. The van der Waals surface area contributed by atoms with Crippen molar-refractivity contribution in [3.05, 3.63) is 53.3 Å². The van der Waals surface area contributed by atoms with Crippen molar-refractivity contribution < 1.29 is 31.1 Å². The topological polar surface area (TPSA) is 45.9 Å². The second kappa shape index (κ2) is 5.79. The first-order valence-corrected chi connectivity index (χ1v) is 5.93. The van der Waals surface area contributed by atoms with E-state index in [4.69, 9.17) is 10.00 Å². The summed E-state index contributed by atoms with van der Waals surface area (Å²) in [6.07, 6.45) is -8.77. The van der Waals surface area contributed by atoms with E-state index in [2.05, 4.69) is 4.98 Å². The van der Waals surface area contributed by atoms with E-state index in [0.29, 0.717) is 24.4 Å². The fourth-order valence-corrected chi connectivity index (χ4v) is 1.60. The maximum absolute atomic E-state index is 12.6. The average Bonchev–Trinajstić information content (AvgIpc) is 2.46. The van der Waals surface area contributed by atoms with Crippen molar-refractivity contribution in [3.63, 3.8) is 0 Å². The van der Waals surface area contributed by atoms with E-state index >= 15 is 0 Å². The molecule has 120 valence electrons. The Morgan fingerprint density at radius 3 is 1.96 bits per heavy atom. The molecule has 23 heavy (non-hydrogen) atoms. The molecule has 3 nitrogen and oxygen atoms in total. The van der Waals surface area contributed by atoms with Gasteiger partial charge in [0, 0.05) is 6.20 Å². The molecule has 1 aromatic heterocycles. The van der Waals surface area contributed by atoms with Crippen LogP contribution in [0.4, 0.5) is 26.3 Å². The number of pyridine rings is 1. The Bertz CT molecular complexity index is 744. The van der Waals surface area contributed by atoms with Gasteiger partial charge in [-0.25, -0.2) is 4.98 Å². The van der Waals surface area contributed by atoms with Gasteiger partial charge in [0.15, 0.2) is 11.4 Å². The number of nitriles is 1. The van der Waals surface area contributed by atoms with Gasteiger partial charge in [0.2, 0.25) is 0 Å². The first kappa shape index (κ1) is 16.6. The maximum atomic E-state index is 12.6. The Morgan fingerprint density at radius 2 is 1.48 bits per heavy atom. The van der Waals surface area contributed by atoms with Gasteiger partial charge in [-0.1, -0.05) is 0 Å². The lowest BCUT2D eigenvalue weighted by Gasteiger charge is -2.11. The number of nitrogens with zero attached hydrogens (tertiary/aromatic N) is 2. The highest BCUT2D eigenvalue weighted by Crippen LogP contribution is 2.35. The predicted octanol–water partition coefficient (Wildman–Crippen LogP) is 4.78. The molecule has 0 N–H and O–H groups in total. The molecule has 0 fully saturated rings. The van der Waals surface area contributed by atoms with E-state index in [1.54, 1.807) is 6.07 Å². The van der Waals surface area contributed by atoms with Gasteiger partial charge < -0.3 is 4.74 Å². The molecule has 0 unspecified atom stereocenters. The third kappa shape index (κ3) is 3.91. The second-order valence-electron chi connectivity index (χ2n) is 4.30. The molecule has 0 saturated carbocycles. The summed E-state index contributed by atoms with van der Waals surface area (Å²) in [6.45, 7) is 0. The van der Waals surface area contributed by atoms with Crippen LogP contribution < -0.4 is 4.74 Å². The molecule has 9 heteroatoms. The van der Waals surface area contributed by atoms with Crippen LogP contribution in [0, 0.1) is 11.3 Å². The van der Waals surface area contributed by atoms with Crippen molar-refractivity contribution in [2.45, 2.75) is 12.4 Å². The molecular formula is C14H6F6N2O. The van der Waals surface area contributed by atoms with Crippen LogP contribution in [0.2, 0.25) is 0 Å². The molecule has 1 heterocycles. The van der Waals surface area contributed by atoms with Crippen molar-refractivity contribution in [2.24, 2.45) is 0 Å². The Hall–Kier alpha value is -2.76. The molecule has 0 radical (unpaired) electrons. The number of aromatic nitrogens is 1. The van der Waals surface area contributed by atoms with E-state index in [1.807, 2.05) is 0 Å². The van der Waals surface area contributed by atoms with Crippen molar-refractivity contribution in [3.8, 4) is 17.6 Å². The lowest BCUT2D eigenvalue weighted by Crippen LogP contribution is -2.07. The summed E-state index contributed by atoms with van der Waals surface area (Å²) < 4.78 is 80.2. The fraction of sp³-hybridized carbons (Fsp3) is 0.143. The zero-order valence-electron chi connectivity index (χ0n) is 11.0. The Morgan fingerprint density at radius 1 is 0.913 bits per heavy atom. The van der Waals surface area contributed by atoms with Crippen molar-refractivity contribution in [1.82, 2.24) is 4.98 Å². The number of halogens is 6. The molecule has 2 rings (SSSR count). The maximum Gasteiger partial charge on any atom is 0.418 e. The normalized spacial score (nSPS) is 11.9. The van der Waals surface area contributed by atoms with Crippen LogP contribution in [0.3, 0.4) is 0 Å². The fourth-order valence-electron chi connectivity index (χ4n) is 1.60. The quantitative estimate of drug-likeness (QED) is 0.743. The summed E-state index contributed by atoms with van der Waals surface area (Å²) in [5, 5.41) is 8.82. The zero-order valence-corrected chi connectivity index (χ0v) is 11.0. The van der Waals surface area contributed by atoms with Crippen LogP contribution in [0.1, 0.15) is 16.8 Å². The van der Waals surface area contributed by atoms with Crippen molar-refractivity contribution in [2.75, 3.05) is 0 Å². The van der Waals surface area contributed by atoms with Crippen LogP contribution in [-0.4, -0.2) is 4.98 Å². The molecule has 0 bridgehead atoms. The highest BCUT2D eigenvalue weighted by atomic mass is 19.4. The molecule has 0 amide bonds. The molecule has 1 aromatic carbocycles. The van der Waals surface area contributed by atoms with E-state index in [1.165, 1.54) is 0 Å². The summed E-state index contributed by atoms with van der Waals surface area (Å²) in [6, 6.07) is 5.40. The third-order valence-electron chi connectivity index (χ3n) is 2.70. The van der Waals surface area contributed by atoms with Gasteiger partial charge in [0.25, 0.3) is 0 Å². The lowest BCUT2D eigenvalue weighted by atomic mass is 10.2. The van der Waals surface area contributed by atoms with Crippen molar-refractivity contribution >= 4 is 0 Å². The minimum atomic E-state index is -4.70. The second-order valence-corrected chi connectivity index (χ2v) is 4.30. The van der Waals surface area contributed by atoms with Crippen LogP contribution >= 0.6 is 0 Å². The Kier molecular flexibility index (Phi) is 4.18. The largest absolute Gasteiger partial charge is 0.454 e. The van der Waals surface area contributed by atoms with Crippen LogP contribution in [0.25, 0.3) is 0 Å². The highest BCUT2D eigenvalue weighted by molar-refractivity contribution is 5.43. The number of hydrogen-bond acceptors (Lipinski definition) is 3. The highest BCUT2D eigenvalue weighted by Gasteiger charge is 2.32. The molecular weight excluding hydrogens is 326 g/mol. The number of rotatable bonds is 2. The summed E-state index contributed by atoms with van der Waals surface area (Å²) in [4.78, 5) is 3.33. The van der Waals surface area contributed by atoms with E-state index in [0.717, 1.165) is 12.1 Å². The standard InChI is InChI=1S/C14H6F6N2O/c15-13(16,17)8-1-3-10(4-2-8)23-12-5-9(14(18,19)20)7-22-11(12)6-21/h1-5,7H. The molecule has 0 saturated heterocycles. The lowest BCUT2D eigenvalue weighted by molar-refractivity contribution is -0.138. The molecule has 0 atom stereocenters. The van der Waals surface area contributed by atoms with Gasteiger partial charge in [-0.05, 0) is 30.3 Å². The van der Waals surface area contributed by atoms with Crippen LogP contribution in [0.5, 0.6) is 11.5 Å². The first-order chi connectivity index (χ1) is 10.6. The van der Waals surface area contributed by atoms with E-state index < -0.39 is 34.9 Å². The van der Waals surface area contributed by atoms with Crippen LogP contribution in [0.15, 0.2) is 36.5 Å². The van der Waals surface area contributed by atoms with Gasteiger partial charge >= 0.3 is 12.4 Å². The SMILES string of the molecule is N#Cc1ncc(C(F)(F)F)cc1Oc1ccc(C(F)(F)F)cc1. The molecule has 0 spiro atoms. The van der Waals surface area contributed by atoms with Gasteiger partial charge in [-0.15, -0.1) is 0 Å². The van der Waals surface area contributed by atoms with E-state index in [9.17, 15) is 26.3 Å². The minimum absolute atomic E-state index is 0.157. The van der Waals surface area contributed by atoms with E-state index in [-0.39, 0.29) is 5.75 Å². The van der Waals surface area contributed by atoms with Gasteiger partial charge in [-0.2, -0.15) is 31.6 Å². The van der Waals surface area contributed by atoms with Gasteiger partial charge in [0.05, 0.1) is 11.1 Å². The third-order valence-corrected chi connectivity index (χ3v) is 2.70. The monoisotopic (exact) mass is 332 g/mol. The Balaban J connectivity index is 2.34. The Labute approximate surface area is 125 Å². The van der Waals surface area contributed by atoms with Crippen molar-refractivity contribution in [1.29, 1.82) is 5.26 Å². The summed E-state index contributed by atoms with van der Waals surface area (Å²) >= 11 is 0. The molecule has 0 aliphatic rings. The molecule has 0 aliphatic carbocycles. The zero-order chi connectivity index (χ0) is 17.3. The summed E-state index contributed by atoms with van der Waals surface area (Å²) in [5.41, 5.74) is -2.50. The number of benzene rings is 1. The predicted molar refractivity (Wildman–Crippen MR) is 65.5 cm³/mol. The number of ether oxygens (including phenoxy) is 1. The number of alkyl halides is 6. The minimum Gasteiger partial charge on any atom is -0.454 e. The summed E-state index contributed by atoms with van der Waals surface area (Å²) in [7, 11) is 0.